The number of carboxylic acids is 1. The Morgan fingerprint density at radius 2 is 2.17 bits per heavy atom. The van der Waals surface area contributed by atoms with E-state index in [2.05, 4.69) is 13.8 Å². The van der Waals surface area contributed by atoms with Crippen LogP contribution in [0.1, 0.15) is 33.1 Å². The van der Waals surface area contributed by atoms with Gasteiger partial charge >= 0.3 is 5.97 Å². The minimum atomic E-state index is -1.33. The van der Waals surface area contributed by atoms with Crippen LogP contribution in [-0.2, 0) is 15.6 Å². The van der Waals surface area contributed by atoms with Crippen LogP contribution in [0.15, 0.2) is 11.5 Å². The molecular weight excluding hydrogens is 252 g/mol. The van der Waals surface area contributed by atoms with Crippen LogP contribution in [0.3, 0.4) is 0 Å². The molecule has 18 heavy (non-hydrogen) atoms. The van der Waals surface area contributed by atoms with E-state index in [9.17, 15) is 14.1 Å². The van der Waals surface area contributed by atoms with Gasteiger partial charge < -0.3 is 10.2 Å². The molecule has 2 bridgehead atoms. The molecule has 0 saturated heterocycles. The predicted octanol–water partition coefficient (Wildman–Crippen LogP) is 1.52. The van der Waals surface area contributed by atoms with Crippen molar-refractivity contribution < 1.29 is 19.2 Å². The lowest BCUT2D eigenvalue weighted by Crippen LogP contribution is -2.43. The number of rotatable bonds is 4. The molecule has 4 nitrogen and oxygen atoms in total. The first-order valence-electron chi connectivity index (χ1n) is 6.26. The Morgan fingerprint density at radius 3 is 2.61 bits per heavy atom. The van der Waals surface area contributed by atoms with Gasteiger partial charge in [-0.25, -0.2) is 4.79 Å². The van der Waals surface area contributed by atoms with Crippen molar-refractivity contribution in [2.75, 3.05) is 5.75 Å². The highest BCUT2D eigenvalue weighted by Crippen LogP contribution is 2.65. The quantitative estimate of drug-likeness (QED) is 0.761. The van der Waals surface area contributed by atoms with Crippen LogP contribution < -0.4 is 0 Å². The van der Waals surface area contributed by atoms with Crippen molar-refractivity contribution in [3.05, 3.63) is 11.5 Å². The average molecular weight is 272 g/mol. The van der Waals surface area contributed by atoms with Crippen molar-refractivity contribution in [2.45, 2.75) is 39.2 Å². The molecule has 2 fully saturated rings. The van der Waals surface area contributed by atoms with E-state index in [0.717, 1.165) is 25.3 Å². The lowest BCUT2D eigenvalue weighted by Gasteiger charge is -2.39. The molecule has 0 aromatic heterocycles. The van der Waals surface area contributed by atoms with Gasteiger partial charge in [-0.1, -0.05) is 13.8 Å². The summed E-state index contributed by atoms with van der Waals surface area (Å²) in [5.41, 5.74) is -0.329. The fraction of sp³-hybridized carbons (Fsp3) is 0.769. The molecule has 5 heteroatoms. The lowest BCUT2D eigenvalue weighted by molar-refractivity contribution is -0.131. The zero-order chi connectivity index (χ0) is 13.6. The summed E-state index contributed by atoms with van der Waals surface area (Å²) in [4.78, 5) is 10.4. The maximum atomic E-state index is 12.0. The topological polar surface area (TPSA) is 74.6 Å². The summed E-state index contributed by atoms with van der Waals surface area (Å²) in [6.07, 6.45) is 3.26. The fourth-order valence-electron chi connectivity index (χ4n) is 3.82. The van der Waals surface area contributed by atoms with Gasteiger partial charge in [0.05, 0.1) is 6.10 Å². The average Bonchev–Trinajstić information content (AvgIpc) is 2.60. The standard InChI is InChI=1S/C13H20O4S/c1-12(2)9-3-5-13(12,10(14)7-9)8-18(17)6-4-11(15)16/h4,6,9-10,14H,3,5,7-8H2,1-2H3,(H,15,16). The zero-order valence-electron chi connectivity index (χ0n) is 10.8. The van der Waals surface area contributed by atoms with Crippen molar-refractivity contribution in [3.8, 4) is 0 Å². The molecular formula is C13H20O4S. The molecule has 0 aromatic carbocycles. The van der Waals surface area contributed by atoms with E-state index in [0.29, 0.717) is 11.7 Å². The predicted molar refractivity (Wildman–Crippen MR) is 69.3 cm³/mol. The van der Waals surface area contributed by atoms with Gasteiger partial charge in [0.15, 0.2) is 0 Å². The van der Waals surface area contributed by atoms with Crippen molar-refractivity contribution in [2.24, 2.45) is 16.7 Å². The van der Waals surface area contributed by atoms with Crippen LogP contribution in [0.25, 0.3) is 0 Å². The lowest BCUT2D eigenvalue weighted by atomic mass is 9.70. The normalized spacial score (nSPS) is 39.3. The molecule has 0 aliphatic heterocycles. The molecule has 0 aromatic rings. The summed E-state index contributed by atoms with van der Waals surface area (Å²) in [6, 6.07) is 0. The van der Waals surface area contributed by atoms with E-state index >= 15 is 0 Å². The highest BCUT2D eigenvalue weighted by molar-refractivity contribution is 7.88. The Hall–Kier alpha value is -0.680. The van der Waals surface area contributed by atoms with E-state index in [-0.39, 0.29) is 10.8 Å². The largest absolute Gasteiger partial charge is 0.478 e. The number of hydrogen-bond donors (Lipinski definition) is 2. The molecule has 4 unspecified atom stereocenters. The molecule has 0 radical (unpaired) electrons. The molecule has 2 aliphatic carbocycles. The third-order valence-corrected chi connectivity index (χ3v) is 6.39. The molecule has 2 aliphatic rings. The van der Waals surface area contributed by atoms with Gasteiger partial charge in [-0.2, -0.15) is 0 Å². The Morgan fingerprint density at radius 1 is 1.50 bits per heavy atom. The maximum absolute atomic E-state index is 12.0. The van der Waals surface area contributed by atoms with Crippen LogP contribution >= 0.6 is 0 Å². The molecule has 2 saturated carbocycles. The molecule has 102 valence electrons. The van der Waals surface area contributed by atoms with E-state index in [1.807, 2.05) is 0 Å². The van der Waals surface area contributed by atoms with Crippen LogP contribution in [0.2, 0.25) is 0 Å². The monoisotopic (exact) mass is 272 g/mol. The Balaban J connectivity index is 2.16. The molecule has 2 rings (SSSR count). The third-order valence-electron chi connectivity index (χ3n) is 5.15. The van der Waals surface area contributed by atoms with Crippen LogP contribution in [0.4, 0.5) is 0 Å². The first-order chi connectivity index (χ1) is 8.29. The smallest absolute Gasteiger partial charge is 0.328 e. The van der Waals surface area contributed by atoms with E-state index in [4.69, 9.17) is 5.11 Å². The van der Waals surface area contributed by atoms with Crippen molar-refractivity contribution in [3.63, 3.8) is 0 Å². The van der Waals surface area contributed by atoms with Crippen molar-refractivity contribution in [1.29, 1.82) is 0 Å². The zero-order valence-corrected chi connectivity index (χ0v) is 11.6. The van der Waals surface area contributed by atoms with Gasteiger partial charge in [0.2, 0.25) is 0 Å². The maximum Gasteiger partial charge on any atom is 0.328 e. The van der Waals surface area contributed by atoms with Gasteiger partial charge in [0, 0.05) is 33.5 Å². The number of hydrogen-bond acceptors (Lipinski definition) is 3. The summed E-state index contributed by atoms with van der Waals surface area (Å²) in [7, 11) is -1.33. The van der Waals surface area contributed by atoms with Crippen LogP contribution in [0, 0.1) is 16.7 Å². The number of aliphatic hydroxyl groups is 1. The number of carbonyl (C=O) groups is 1. The summed E-state index contributed by atoms with van der Waals surface area (Å²) < 4.78 is 12.0. The van der Waals surface area contributed by atoms with E-state index < -0.39 is 22.9 Å². The minimum Gasteiger partial charge on any atom is -0.478 e. The van der Waals surface area contributed by atoms with Gasteiger partial charge in [-0.3, -0.25) is 4.21 Å². The Kier molecular flexibility index (Phi) is 3.40. The summed E-state index contributed by atoms with van der Waals surface area (Å²) in [6.45, 7) is 4.28. The summed E-state index contributed by atoms with van der Waals surface area (Å²) in [5.74, 6) is -0.231. The highest BCUT2D eigenvalue weighted by Gasteiger charge is 2.63. The first kappa shape index (κ1) is 13.7. The van der Waals surface area contributed by atoms with Gasteiger partial charge in [0.25, 0.3) is 0 Å². The molecule has 4 atom stereocenters. The number of carboxylic acid groups (broad SMARTS) is 1. The van der Waals surface area contributed by atoms with Gasteiger partial charge in [0.1, 0.15) is 0 Å². The van der Waals surface area contributed by atoms with E-state index in [1.165, 1.54) is 5.41 Å². The van der Waals surface area contributed by atoms with Crippen molar-refractivity contribution in [1.82, 2.24) is 0 Å². The second kappa shape index (κ2) is 4.46. The van der Waals surface area contributed by atoms with Gasteiger partial charge in [-0.15, -0.1) is 0 Å². The summed E-state index contributed by atoms with van der Waals surface area (Å²) in [5, 5.41) is 20.0. The highest BCUT2D eigenvalue weighted by atomic mass is 32.2. The SMILES string of the molecule is CC1(C)C2CCC1(CS(=O)C=CC(=O)O)C(O)C2. The van der Waals surface area contributed by atoms with Gasteiger partial charge in [-0.05, 0) is 30.6 Å². The Labute approximate surface area is 110 Å². The number of fused-ring (bicyclic) bond motifs is 2. The fourth-order valence-corrected chi connectivity index (χ4v) is 5.40. The third kappa shape index (κ3) is 1.93. The first-order valence-corrected chi connectivity index (χ1v) is 7.64. The van der Waals surface area contributed by atoms with E-state index in [1.54, 1.807) is 0 Å². The van der Waals surface area contributed by atoms with Crippen LogP contribution in [0.5, 0.6) is 0 Å². The second-order valence-corrected chi connectivity index (χ2v) is 7.35. The van der Waals surface area contributed by atoms with Crippen molar-refractivity contribution >= 4 is 16.8 Å². The van der Waals surface area contributed by atoms with Crippen LogP contribution in [-0.4, -0.2) is 32.2 Å². The second-order valence-electron chi connectivity index (χ2n) is 6.03. The summed E-state index contributed by atoms with van der Waals surface area (Å²) >= 11 is 0. The minimum absolute atomic E-state index is 0.0147. The molecule has 0 amide bonds. The molecule has 0 spiro atoms. The Bertz CT molecular complexity index is 415. The molecule has 0 heterocycles. The number of aliphatic carboxylic acids is 1. The number of aliphatic hydroxyl groups excluding tert-OH is 1. The molecule has 2 N–H and O–H groups in total.